The number of nitrogens with one attached hydrogen (secondary N) is 1. The lowest BCUT2D eigenvalue weighted by Crippen LogP contribution is -2.43. The topological polar surface area (TPSA) is 15.8 Å². The highest BCUT2D eigenvalue weighted by Gasteiger charge is 2.64. The summed E-state index contributed by atoms with van der Waals surface area (Å²) < 4.78 is 0. The van der Waals surface area contributed by atoms with E-state index >= 15 is 0 Å². The van der Waals surface area contributed by atoms with Crippen LogP contribution in [0.5, 0.6) is 0 Å². The third-order valence-corrected chi connectivity index (χ3v) is 14.9. The van der Waals surface area contributed by atoms with E-state index in [1.54, 1.807) is 0 Å². The van der Waals surface area contributed by atoms with Crippen molar-refractivity contribution in [1.29, 1.82) is 0 Å². The van der Waals surface area contributed by atoms with Gasteiger partial charge in [0.15, 0.2) is 0 Å². The van der Waals surface area contributed by atoms with E-state index in [2.05, 4.69) is 123 Å². The zero-order valence-corrected chi connectivity index (χ0v) is 27.8. The smallest absolute Gasteiger partial charge is 0.0461 e. The van der Waals surface area contributed by atoms with E-state index in [1.165, 1.54) is 61.0 Å². The van der Waals surface area contributed by atoms with Crippen molar-refractivity contribution in [2.75, 3.05) is 0 Å². The standard InChI is InChI=1S/C40H57N/c1-35(2,3)37(7)15-11-29-30-12-16-38(8,18-14-32(30)41-31(29)13-17-37)40(10)23-27-20-28(24-40)34-26-19-25(33(27)34)21-39(9,22-26)36(4,5)6/h11-18,25-28,33-34,41H,19-24H2,1-10H3. The van der Waals surface area contributed by atoms with Crippen LogP contribution in [0.4, 0.5) is 0 Å². The van der Waals surface area contributed by atoms with E-state index in [9.17, 15) is 0 Å². The number of hydrogen-bond acceptors (Lipinski definition) is 0. The summed E-state index contributed by atoms with van der Waals surface area (Å²) in [6, 6.07) is 0. The molecule has 1 heterocycles. The van der Waals surface area contributed by atoms with Crippen molar-refractivity contribution in [3.05, 3.63) is 46.8 Å². The van der Waals surface area contributed by atoms with Gasteiger partial charge in [-0.3, -0.25) is 0 Å². The third kappa shape index (κ3) is 3.92. The minimum Gasteiger partial charge on any atom is -0.355 e. The zero-order chi connectivity index (χ0) is 29.4. The number of aromatic nitrogens is 1. The van der Waals surface area contributed by atoms with E-state index in [1.807, 2.05) is 0 Å². The molecule has 41 heavy (non-hydrogen) atoms. The van der Waals surface area contributed by atoms with E-state index in [0.717, 1.165) is 35.5 Å². The quantitative estimate of drug-likeness (QED) is 0.334. The van der Waals surface area contributed by atoms with E-state index in [4.69, 9.17) is 0 Å². The fraction of sp³-hybridized carbons (Fsp3) is 0.700. The molecule has 8 unspecified atom stereocenters. The summed E-state index contributed by atoms with van der Waals surface area (Å²) >= 11 is 0. The molecule has 0 amide bonds. The summed E-state index contributed by atoms with van der Waals surface area (Å²) in [5, 5.41) is 0. The largest absolute Gasteiger partial charge is 0.355 e. The molecular formula is C40H57N. The third-order valence-electron chi connectivity index (χ3n) is 14.9. The normalized spacial score (nSPS) is 46.2. The Morgan fingerprint density at radius 3 is 1.54 bits per heavy atom. The van der Waals surface area contributed by atoms with Crippen molar-refractivity contribution >= 4 is 24.3 Å². The van der Waals surface area contributed by atoms with E-state index in [0.29, 0.717) is 16.2 Å². The molecule has 222 valence electrons. The predicted octanol–water partition coefficient (Wildman–Crippen LogP) is 11.3. The van der Waals surface area contributed by atoms with Gasteiger partial charge < -0.3 is 4.98 Å². The molecule has 6 aliphatic carbocycles. The predicted molar refractivity (Wildman–Crippen MR) is 177 cm³/mol. The monoisotopic (exact) mass is 551 g/mol. The van der Waals surface area contributed by atoms with Crippen LogP contribution >= 0.6 is 0 Å². The Hall–Kier alpha value is -1.76. The van der Waals surface area contributed by atoms with Gasteiger partial charge in [0.05, 0.1) is 0 Å². The highest BCUT2D eigenvalue weighted by Crippen LogP contribution is 2.72. The van der Waals surface area contributed by atoms with Gasteiger partial charge in [-0.2, -0.15) is 0 Å². The molecule has 7 rings (SSSR count). The maximum Gasteiger partial charge on any atom is 0.0461 e. The van der Waals surface area contributed by atoms with Crippen LogP contribution in [0.15, 0.2) is 24.3 Å². The second-order valence-corrected chi connectivity index (χ2v) is 18.8. The SMILES string of the molecule is CC(C)(C)C1(C)C=Cc2[nH]c3c(c2C=C1)C=CC(C)(C1(C)CC2CC(C1)C1C4CC(CC(C)(C(C)(C)C)C4)C21)C=C3. The molecule has 8 atom stereocenters. The molecule has 6 aliphatic rings. The van der Waals surface area contributed by atoms with Crippen LogP contribution in [0.2, 0.25) is 0 Å². The van der Waals surface area contributed by atoms with Crippen LogP contribution in [0, 0.1) is 68.0 Å². The first-order valence-electron chi connectivity index (χ1n) is 17.0. The molecule has 4 bridgehead atoms. The van der Waals surface area contributed by atoms with Crippen molar-refractivity contribution in [1.82, 2.24) is 4.98 Å². The van der Waals surface area contributed by atoms with Gasteiger partial charge in [-0.15, -0.1) is 0 Å². The van der Waals surface area contributed by atoms with Crippen molar-refractivity contribution in [3.63, 3.8) is 0 Å². The Labute approximate surface area is 251 Å². The van der Waals surface area contributed by atoms with E-state index < -0.39 is 0 Å². The molecule has 1 nitrogen and oxygen atoms in total. The Kier molecular flexibility index (Phi) is 5.78. The number of aromatic amines is 1. The Bertz CT molecular complexity index is 1340. The molecule has 0 spiro atoms. The minimum atomic E-state index is 0.0358. The average molecular weight is 552 g/mol. The molecule has 1 heteroatoms. The van der Waals surface area contributed by atoms with Crippen molar-refractivity contribution in [2.24, 2.45) is 68.0 Å². The van der Waals surface area contributed by atoms with Crippen LogP contribution in [-0.4, -0.2) is 4.98 Å². The van der Waals surface area contributed by atoms with Gasteiger partial charge in [0.25, 0.3) is 0 Å². The molecule has 1 N–H and O–H groups in total. The fourth-order valence-electron chi connectivity index (χ4n) is 11.1. The molecule has 0 radical (unpaired) electrons. The summed E-state index contributed by atoms with van der Waals surface area (Å²) in [5.41, 5.74) is 6.79. The number of fused-ring (bicyclic) bond motifs is 12. The first-order valence-corrected chi connectivity index (χ1v) is 17.0. The van der Waals surface area contributed by atoms with Crippen molar-refractivity contribution < 1.29 is 0 Å². The molecular weight excluding hydrogens is 494 g/mol. The summed E-state index contributed by atoms with van der Waals surface area (Å²) in [4.78, 5) is 3.81. The first kappa shape index (κ1) is 28.0. The van der Waals surface area contributed by atoms with Crippen molar-refractivity contribution in [2.45, 2.75) is 108 Å². The number of hydrogen-bond donors (Lipinski definition) is 1. The number of H-pyrrole nitrogens is 1. The van der Waals surface area contributed by atoms with Gasteiger partial charge in [-0.1, -0.05) is 106 Å². The summed E-state index contributed by atoms with van der Waals surface area (Å²) in [5.74, 6) is 5.80. The van der Waals surface area contributed by atoms with Gasteiger partial charge in [-0.05, 0) is 108 Å². The maximum atomic E-state index is 3.81. The van der Waals surface area contributed by atoms with Crippen LogP contribution < -0.4 is 0 Å². The summed E-state index contributed by atoms with van der Waals surface area (Å²) in [6.07, 6.45) is 28.5. The number of rotatable bonds is 1. The lowest BCUT2D eigenvalue weighted by Gasteiger charge is -2.52. The van der Waals surface area contributed by atoms with Crippen LogP contribution in [0.25, 0.3) is 24.3 Å². The summed E-state index contributed by atoms with van der Waals surface area (Å²) in [7, 11) is 0. The van der Waals surface area contributed by atoms with Crippen LogP contribution in [0.1, 0.15) is 130 Å². The molecule has 0 aliphatic heterocycles. The fourth-order valence-corrected chi connectivity index (χ4v) is 11.1. The highest BCUT2D eigenvalue weighted by atomic mass is 14.7. The van der Waals surface area contributed by atoms with Gasteiger partial charge >= 0.3 is 0 Å². The minimum absolute atomic E-state index is 0.0358. The molecule has 1 aromatic heterocycles. The Morgan fingerprint density at radius 1 is 0.585 bits per heavy atom. The first-order chi connectivity index (χ1) is 19.0. The number of allylic oxidation sites excluding steroid dienone is 4. The molecule has 4 fully saturated rings. The Morgan fingerprint density at radius 2 is 1.02 bits per heavy atom. The second kappa shape index (κ2) is 8.45. The molecule has 1 aromatic rings. The van der Waals surface area contributed by atoms with Crippen molar-refractivity contribution in [3.8, 4) is 0 Å². The lowest BCUT2D eigenvalue weighted by atomic mass is 9.53. The molecule has 0 saturated heterocycles. The van der Waals surface area contributed by atoms with Gasteiger partial charge in [0, 0.05) is 33.3 Å². The Balaban J connectivity index is 1.17. The molecule has 0 aromatic carbocycles. The van der Waals surface area contributed by atoms with Gasteiger partial charge in [-0.25, -0.2) is 0 Å². The zero-order valence-electron chi connectivity index (χ0n) is 27.8. The lowest BCUT2D eigenvalue weighted by molar-refractivity contribution is -0.00383. The molecule has 4 saturated carbocycles. The van der Waals surface area contributed by atoms with E-state index in [-0.39, 0.29) is 16.2 Å². The summed E-state index contributed by atoms with van der Waals surface area (Å²) in [6.45, 7) is 24.8. The van der Waals surface area contributed by atoms with Gasteiger partial charge in [0.1, 0.15) is 0 Å². The average Bonchev–Trinajstić information content (AvgIpc) is 3.33. The van der Waals surface area contributed by atoms with Crippen LogP contribution in [-0.2, 0) is 0 Å². The second-order valence-electron chi connectivity index (χ2n) is 18.8. The highest BCUT2D eigenvalue weighted by molar-refractivity contribution is 5.81. The van der Waals surface area contributed by atoms with Gasteiger partial charge in [0.2, 0.25) is 0 Å². The van der Waals surface area contributed by atoms with Crippen LogP contribution in [0.3, 0.4) is 0 Å². The maximum absolute atomic E-state index is 3.81.